The fourth-order valence-electron chi connectivity index (χ4n) is 4.06. The first-order valence-corrected chi connectivity index (χ1v) is 9.57. The summed E-state index contributed by atoms with van der Waals surface area (Å²) in [5.41, 5.74) is 2.38. The predicted molar refractivity (Wildman–Crippen MR) is 104 cm³/mol. The molecule has 0 bridgehead atoms. The van der Waals surface area contributed by atoms with E-state index in [9.17, 15) is 9.59 Å². The van der Waals surface area contributed by atoms with Gasteiger partial charge in [0.25, 0.3) is 11.8 Å². The Hall–Kier alpha value is -3.13. The Morgan fingerprint density at radius 1 is 0.964 bits per heavy atom. The van der Waals surface area contributed by atoms with Crippen LogP contribution in [0.3, 0.4) is 0 Å². The Morgan fingerprint density at radius 2 is 1.75 bits per heavy atom. The van der Waals surface area contributed by atoms with Gasteiger partial charge in [-0.25, -0.2) is 0 Å². The van der Waals surface area contributed by atoms with E-state index in [2.05, 4.69) is 20.1 Å². The Balaban J connectivity index is 1.14. The molecule has 2 amide bonds. The zero-order chi connectivity index (χ0) is 19.1. The van der Waals surface area contributed by atoms with Crippen molar-refractivity contribution in [2.75, 3.05) is 39.3 Å². The van der Waals surface area contributed by atoms with E-state index < -0.39 is 0 Å². The van der Waals surface area contributed by atoms with Crippen molar-refractivity contribution >= 4 is 22.7 Å². The highest BCUT2D eigenvalue weighted by Crippen LogP contribution is 2.22. The molecule has 0 unspecified atom stereocenters. The summed E-state index contributed by atoms with van der Waals surface area (Å²) in [5, 5.41) is 7.59. The molecule has 8 nitrogen and oxygen atoms in total. The van der Waals surface area contributed by atoms with E-state index in [1.165, 1.54) is 0 Å². The molecule has 2 fully saturated rings. The van der Waals surface area contributed by atoms with Gasteiger partial charge in [-0.1, -0.05) is 0 Å². The number of carbonyl (C=O) groups is 2. The highest BCUT2D eigenvalue weighted by atomic mass is 16.2. The molecular formula is C20H22N6O2. The smallest absolute Gasteiger partial charge is 0.257 e. The quantitative estimate of drug-likeness (QED) is 0.716. The van der Waals surface area contributed by atoms with Gasteiger partial charge in [0.1, 0.15) is 0 Å². The van der Waals surface area contributed by atoms with Gasteiger partial charge in [0.15, 0.2) is 0 Å². The number of hydrogen-bond donors (Lipinski definition) is 2. The van der Waals surface area contributed by atoms with E-state index in [0.717, 1.165) is 42.6 Å². The standard InChI is InChI=1S/C20H22N6O2/c27-19(15-1-2-18-14(9-15)3-4-21-18)26-12-17(13-26)24-5-7-25(8-6-24)20(28)16-10-22-23-11-16/h1-4,9-11,17,21H,5-8,12-13H2,(H,22,23). The third-order valence-corrected chi connectivity index (χ3v) is 5.81. The van der Waals surface area contributed by atoms with Gasteiger partial charge >= 0.3 is 0 Å². The first-order chi connectivity index (χ1) is 13.7. The molecule has 144 valence electrons. The van der Waals surface area contributed by atoms with Crippen molar-refractivity contribution in [1.29, 1.82) is 0 Å². The number of hydrogen-bond acceptors (Lipinski definition) is 4. The predicted octanol–water partition coefficient (Wildman–Crippen LogP) is 1.17. The normalized spacial score (nSPS) is 18.4. The highest BCUT2D eigenvalue weighted by Gasteiger charge is 2.37. The van der Waals surface area contributed by atoms with Crippen LogP contribution in [-0.2, 0) is 0 Å². The maximum Gasteiger partial charge on any atom is 0.257 e. The second-order valence-corrected chi connectivity index (χ2v) is 7.46. The van der Waals surface area contributed by atoms with E-state index in [0.29, 0.717) is 24.7 Å². The van der Waals surface area contributed by atoms with Crippen LogP contribution in [0.25, 0.3) is 10.9 Å². The van der Waals surface area contributed by atoms with Crippen molar-refractivity contribution in [2.24, 2.45) is 0 Å². The number of H-pyrrole nitrogens is 2. The molecule has 2 N–H and O–H groups in total. The van der Waals surface area contributed by atoms with Crippen LogP contribution in [0, 0.1) is 0 Å². The number of amides is 2. The summed E-state index contributed by atoms with van der Waals surface area (Å²) in [6, 6.07) is 8.15. The van der Waals surface area contributed by atoms with E-state index in [1.54, 1.807) is 12.4 Å². The molecule has 4 heterocycles. The zero-order valence-corrected chi connectivity index (χ0v) is 15.5. The summed E-state index contributed by atoms with van der Waals surface area (Å²) in [7, 11) is 0. The van der Waals surface area contributed by atoms with Gasteiger partial charge in [0.2, 0.25) is 0 Å². The molecule has 2 aliphatic rings. The van der Waals surface area contributed by atoms with Gasteiger partial charge in [-0.15, -0.1) is 0 Å². The third kappa shape index (κ3) is 2.95. The Bertz CT molecular complexity index is 997. The summed E-state index contributed by atoms with van der Waals surface area (Å²) >= 11 is 0. The number of nitrogens with zero attached hydrogens (tertiary/aromatic N) is 4. The van der Waals surface area contributed by atoms with Gasteiger partial charge < -0.3 is 14.8 Å². The summed E-state index contributed by atoms with van der Waals surface area (Å²) in [4.78, 5) is 34.4. The average molecular weight is 378 g/mol. The number of piperazine rings is 1. The molecule has 28 heavy (non-hydrogen) atoms. The van der Waals surface area contributed by atoms with Crippen LogP contribution in [0.4, 0.5) is 0 Å². The lowest BCUT2D eigenvalue weighted by atomic mass is 10.0. The molecular weight excluding hydrogens is 356 g/mol. The fourth-order valence-corrected chi connectivity index (χ4v) is 4.06. The molecule has 0 atom stereocenters. The topological polar surface area (TPSA) is 88.3 Å². The van der Waals surface area contributed by atoms with Crippen LogP contribution in [0.15, 0.2) is 42.9 Å². The Kier molecular flexibility index (Phi) is 4.12. The SMILES string of the molecule is O=C(c1cn[nH]c1)N1CCN(C2CN(C(=O)c3ccc4[nH]ccc4c3)C2)CC1. The number of carbonyl (C=O) groups excluding carboxylic acids is 2. The monoisotopic (exact) mass is 378 g/mol. The lowest BCUT2D eigenvalue weighted by molar-refractivity contribution is 0.00855. The minimum absolute atomic E-state index is 0.0268. The molecule has 0 spiro atoms. The van der Waals surface area contributed by atoms with Crippen molar-refractivity contribution in [1.82, 2.24) is 29.9 Å². The van der Waals surface area contributed by atoms with E-state index >= 15 is 0 Å². The number of likely N-dealkylation sites (tertiary alicyclic amines) is 1. The minimum atomic E-state index is 0.0268. The van der Waals surface area contributed by atoms with Crippen molar-refractivity contribution in [3.8, 4) is 0 Å². The summed E-state index contributed by atoms with van der Waals surface area (Å²) in [5.74, 6) is 0.118. The van der Waals surface area contributed by atoms with Crippen molar-refractivity contribution in [3.05, 3.63) is 54.0 Å². The Labute approximate surface area is 162 Å². The van der Waals surface area contributed by atoms with E-state index in [1.807, 2.05) is 40.3 Å². The van der Waals surface area contributed by atoms with Crippen molar-refractivity contribution < 1.29 is 9.59 Å². The van der Waals surface area contributed by atoms with Crippen LogP contribution >= 0.6 is 0 Å². The lowest BCUT2D eigenvalue weighted by Gasteiger charge is -2.48. The number of nitrogens with one attached hydrogen (secondary N) is 2. The second kappa shape index (κ2) is 6.79. The number of aromatic nitrogens is 3. The van der Waals surface area contributed by atoms with Crippen molar-refractivity contribution in [2.45, 2.75) is 6.04 Å². The maximum absolute atomic E-state index is 12.7. The molecule has 3 aromatic rings. The van der Waals surface area contributed by atoms with Crippen molar-refractivity contribution in [3.63, 3.8) is 0 Å². The molecule has 0 aliphatic carbocycles. The zero-order valence-electron chi connectivity index (χ0n) is 15.5. The molecule has 2 saturated heterocycles. The van der Waals surface area contributed by atoms with Gasteiger partial charge in [0.05, 0.1) is 11.8 Å². The minimum Gasteiger partial charge on any atom is -0.361 e. The highest BCUT2D eigenvalue weighted by molar-refractivity contribution is 5.98. The van der Waals surface area contributed by atoms with Crippen LogP contribution in [0.5, 0.6) is 0 Å². The molecule has 0 saturated carbocycles. The molecule has 0 radical (unpaired) electrons. The largest absolute Gasteiger partial charge is 0.361 e. The van der Waals surface area contributed by atoms with Crippen LogP contribution in [-0.4, -0.2) is 87.0 Å². The molecule has 5 rings (SSSR count). The van der Waals surface area contributed by atoms with E-state index in [-0.39, 0.29) is 11.8 Å². The first-order valence-electron chi connectivity index (χ1n) is 9.57. The second-order valence-electron chi connectivity index (χ2n) is 7.46. The van der Waals surface area contributed by atoms with Crippen LogP contribution in [0.1, 0.15) is 20.7 Å². The average Bonchev–Trinajstić information content (AvgIpc) is 3.38. The fraction of sp³-hybridized carbons (Fsp3) is 0.350. The first kappa shape index (κ1) is 17.0. The van der Waals surface area contributed by atoms with Gasteiger partial charge in [-0.05, 0) is 24.3 Å². The van der Waals surface area contributed by atoms with Gasteiger partial charge in [-0.2, -0.15) is 5.10 Å². The molecule has 1 aromatic carbocycles. The molecule has 8 heteroatoms. The number of aromatic amines is 2. The van der Waals surface area contributed by atoms with Gasteiger partial charge in [-0.3, -0.25) is 19.6 Å². The number of fused-ring (bicyclic) bond motifs is 1. The Morgan fingerprint density at radius 3 is 2.50 bits per heavy atom. The van der Waals surface area contributed by atoms with E-state index in [4.69, 9.17) is 0 Å². The lowest BCUT2D eigenvalue weighted by Crippen LogP contribution is -2.64. The maximum atomic E-state index is 12.7. The number of rotatable bonds is 3. The molecule has 2 aliphatic heterocycles. The third-order valence-electron chi connectivity index (χ3n) is 5.81. The van der Waals surface area contributed by atoms with Crippen LogP contribution < -0.4 is 0 Å². The molecule has 2 aromatic heterocycles. The van der Waals surface area contributed by atoms with Crippen LogP contribution in [0.2, 0.25) is 0 Å². The number of benzene rings is 1. The summed E-state index contributed by atoms with van der Waals surface area (Å²) < 4.78 is 0. The van der Waals surface area contributed by atoms with Gasteiger partial charge in [0, 0.05) is 74.2 Å². The summed E-state index contributed by atoms with van der Waals surface area (Å²) in [6.07, 6.45) is 5.08. The summed E-state index contributed by atoms with van der Waals surface area (Å²) in [6.45, 7) is 4.59.